The first kappa shape index (κ1) is 15.5. The molecule has 4 rings (SSSR count). The molecule has 3 aromatic rings. The number of anilines is 1. The number of hydrogen-bond acceptors (Lipinski definition) is 4. The van der Waals surface area contributed by atoms with Crippen LogP contribution in [0.2, 0.25) is 0 Å². The van der Waals surface area contributed by atoms with E-state index >= 15 is 0 Å². The molecule has 1 aromatic carbocycles. The second kappa shape index (κ2) is 6.12. The number of rotatable bonds is 5. The molecule has 2 aromatic heterocycles. The number of aromatic amines is 1. The lowest BCUT2D eigenvalue weighted by molar-refractivity contribution is 0.102. The van der Waals surface area contributed by atoms with Gasteiger partial charge in [-0.3, -0.25) is 19.9 Å². The molecule has 1 aliphatic rings. The number of carbonyl (C=O) groups is 1. The van der Waals surface area contributed by atoms with E-state index in [0.717, 1.165) is 25.1 Å². The Kier molecular flexibility index (Phi) is 3.79. The highest BCUT2D eigenvalue weighted by molar-refractivity contribution is 6.02. The standard InChI is InChI=1S/C17H17FN6O/c1-2-24-14(10-7-8-10)9-13(23-24)16(25)20-17-19-15(21-22-17)11-5-3-4-6-12(11)18/h3-6,9-10H,2,7-8H2,1H3,(H2,19,20,21,22,25). The van der Waals surface area contributed by atoms with Crippen molar-refractivity contribution in [3.63, 3.8) is 0 Å². The van der Waals surface area contributed by atoms with Gasteiger partial charge in [-0.25, -0.2) is 4.39 Å². The molecule has 1 aliphatic carbocycles. The van der Waals surface area contributed by atoms with E-state index in [9.17, 15) is 9.18 Å². The van der Waals surface area contributed by atoms with Crippen LogP contribution in [0.4, 0.5) is 10.3 Å². The van der Waals surface area contributed by atoms with Gasteiger partial charge in [-0.2, -0.15) is 10.1 Å². The first-order chi connectivity index (χ1) is 12.2. The normalized spacial score (nSPS) is 13.8. The van der Waals surface area contributed by atoms with E-state index in [0.29, 0.717) is 17.2 Å². The molecule has 0 atom stereocenters. The van der Waals surface area contributed by atoms with Crippen LogP contribution < -0.4 is 5.32 Å². The molecule has 0 radical (unpaired) electrons. The second-order valence-electron chi connectivity index (χ2n) is 5.99. The van der Waals surface area contributed by atoms with Crippen molar-refractivity contribution in [3.8, 4) is 11.4 Å². The summed E-state index contributed by atoms with van der Waals surface area (Å²) in [5, 5.41) is 13.5. The van der Waals surface area contributed by atoms with Gasteiger partial charge in [0, 0.05) is 18.2 Å². The number of aryl methyl sites for hydroxylation is 1. The first-order valence-corrected chi connectivity index (χ1v) is 8.22. The number of hydrogen-bond donors (Lipinski definition) is 2. The molecule has 0 unspecified atom stereocenters. The van der Waals surface area contributed by atoms with Crippen molar-refractivity contribution in [1.29, 1.82) is 0 Å². The van der Waals surface area contributed by atoms with Gasteiger partial charge in [0.15, 0.2) is 11.5 Å². The molecule has 1 fully saturated rings. The Labute approximate surface area is 143 Å². The first-order valence-electron chi connectivity index (χ1n) is 8.22. The summed E-state index contributed by atoms with van der Waals surface area (Å²) in [6.45, 7) is 2.72. The van der Waals surface area contributed by atoms with Crippen molar-refractivity contribution >= 4 is 11.9 Å². The second-order valence-corrected chi connectivity index (χ2v) is 5.99. The van der Waals surface area contributed by atoms with Crippen LogP contribution in [-0.4, -0.2) is 30.9 Å². The summed E-state index contributed by atoms with van der Waals surface area (Å²) >= 11 is 0. The predicted octanol–water partition coefficient (Wildman–Crippen LogP) is 2.96. The molecule has 0 saturated heterocycles. The molecule has 2 N–H and O–H groups in total. The van der Waals surface area contributed by atoms with Gasteiger partial charge in [0.1, 0.15) is 5.82 Å². The Morgan fingerprint density at radius 2 is 2.20 bits per heavy atom. The lowest BCUT2D eigenvalue weighted by Gasteiger charge is -2.00. The van der Waals surface area contributed by atoms with E-state index in [2.05, 4.69) is 25.6 Å². The maximum Gasteiger partial charge on any atom is 0.278 e. The van der Waals surface area contributed by atoms with Gasteiger partial charge < -0.3 is 0 Å². The fourth-order valence-electron chi connectivity index (χ4n) is 2.76. The van der Waals surface area contributed by atoms with Crippen molar-refractivity contribution in [2.45, 2.75) is 32.2 Å². The van der Waals surface area contributed by atoms with Crippen molar-refractivity contribution in [2.24, 2.45) is 0 Å². The molecule has 0 spiro atoms. The van der Waals surface area contributed by atoms with Crippen LogP contribution in [0.3, 0.4) is 0 Å². The SMILES string of the molecule is CCn1nc(C(=O)Nc2n[nH]c(-c3ccccc3F)n2)cc1C1CC1. The van der Waals surface area contributed by atoms with E-state index < -0.39 is 5.82 Å². The minimum atomic E-state index is -0.410. The van der Waals surface area contributed by atoms with Gasteiger partial charge in [0.2, 0.25) is 5.95 Å². The third-order valence-corrected chi connectivity index (χ3v) is 4.18. The zero-order chi connectivity index (χ0) is 17.4. The van der Waals surface area contributed by atoms with Crippen LogP contribution in [0.1, 0.15) is 41.9 Å². The van der Waals surface area contributed by atoms with Gasteiger partial charge in [-0.05, 0) is 38.0 Å². The summed E-state index contributed by atoms with van der Waals surface area (Å²) < 4.78 is 15.6. The molecule has 0 bridgehead atoms. The summed E-state index contributed by atoms with van der Waals surface area (Å²) in [4.78, 5) is 16.5. The van der Waals surface area contributed by atoms with E-state index in [4.69, 9.17) is 0 Å². The van der Waals surface area contributed by atoms with Gasteiger partial charge in [-0.15, -0.1) is 5.10 Å². The lowest BCUT2D eigenvalue weighted by atomic mass is 10.2. The monoisotopic (exact) mass is 340 g/mol. The van der Waals surface area contributed by atoms with Gasteiger partial charge in [-0.1, -0.05) is 12.1 Å². The smallest absolute Gasteiger partial charge is 0.278 e. The van der Waals surface area contributed by atoms with Crippen LogP contribution in [0, 0.1) is 5.82 Å². The number of aromatic nitrogens is 5. The molecule has 128 valence electrons. The third kappa shape index (κ3) is 3.02. The number of nitrogens with zero attached hydrogens (tertiary/aromatic N) is 4. The zero-order valence-corrected chi connectivity index (χ0v) is 13.7. The minimum absolute atomic E-state index is 0.0854. The van der Waals surface area contributed by atoms with E-state index in [-0.39, 0.29) is 17.7 Å². The van der Waals surface area contributed by atoms with E-state index in [1.165, 1.54) is 6.07 Å². The molecule has 7 nitrogen and oxygen atoms in total. The molecular formula is C17H17FN6O. The number of carbonyl (C=O) groups excluding carboxylic acids is 1. The number of halogens is 1. The Hall–Kier alpha value is -3.03. The maximum atomic E-state index is 13.8. The topological polar surface area (TPSA) is 88.5 Å². The summed E-state index contributed by atoms with van der Waals surface area (Å²) in [5.74, 6) is 0.0547. The van der Waals surface area contributed by atoms with Gasteiger partial charge in [0.25, 0.3) is 5.91 Å². The van der Waals surface area contributed by atoms with Crippen LogP contribution in [-0.2, 0) is 6.54 Å². The largest absolute Gasteiger partial charge is 0.288 e. The molecule has 1 amide bonds. The Balaban J connectivity index is 1.53. The fourth-order valence-corrected chi connectivity index (χ4v) is 2.76. The summed E-state index contributed by atoms with van der Waals surface area (Å²) in [7, 11) is 0. The van der Waals surface area contributed by atoms with Crippen molar-refractivity contribution in [2.75, 3.05) is 5.32 Å². The van der Waals surface area contributed by atoms with Crippen LogP contribution in [0.5, 0.6) is 0 Å². The molecule has 8 heteroatoms. The average Bonchev–Trinajstić information content (AvgIpc) is 3.19. The number of nitrogens with one attached hydrogen (secondary N) is 2. The molecule has 1 saturated carbocycles. The third-order valence-electron chi connectivity index (χ3n) is 4.18. The van der Waals surface area contributed by atoms with E-state index in [1.807, 2.05) is 17.7 Å². The van der Waals surface area contributed by atoms with Crippen LogP contribution in [0.15, 0.2) is 30.3 Å². The van der Waals surface area contributed by atoms with Crippen molar-refractivity contribution < 1.29 is 9.18 Å². The highest BCUT2D eigenvalue weighted by Gasteiger charge is 2.29. The summed E-state index contributed by atoms with van der Waals surface area (Å²) in [5.41, 5.74) is 1.72. The number of amides is 1. The maximum absolute atomic E-state index is 13.8. The van der Waals surface area contributed by atoms with Crippen LogP contribution >= 0.6 is 0 Å². The molecule has 2 heterocycles. The quantitative estimate of drug-likeness (QED) is 0.747. The van der Waals surface area contributed by atoms with Crippen LogP contribution in [0.25, 0.3) is 11.4 Å². The van der Waals surface area contributed by atoms with Crippen molar-refractivity contribution in [3.05, 3.63) is 47.5 Å². The number of benzene rings is 1. The predicted molar refractivity (Wildman–Crippen MR) is 89.6 cm³/mol. The minimum Gasteiger partial charge on any atom is -0.288 e. The Morgan fingerprint density at radius 3 is 2.92 bits per heavy atom. The highest BCUT2D eigenvalue weighted by atomic mass is 19.1. The Morgan fingerprint density at radius 1 is 1.40 bits per heavy atom. The molecule has 25 heavy (non-hydrogen) atoms. The Bertz CT molecular complexity index is 927. The molecule has 0 aliphatic heterocycles. The van der Waals surface area contributed by atoms with Crippen molar-refractivity contribution in [1.82, 2.24) is 25.0 Å². The van der Waals surface area contributed by atoms with Gasteiger partial charge >= 0.3 is 0 Å². The van der Waals surface area contributed by atoms with Gasteiger partial charge in [0.05, 0.1) is 5.56 Å². The lowest BCUT2D eigenvalue weighted by Crippen LogP contribution is -2.14. The fraction of sp³-hybridized carbons (Fsp3) is 0.294. The van der Waals surface area contributed by atoms with E-state index in [1.54, 1.807) is 18.2 Å². The molecular weight excluding hydrogens is 323 g/mol. The summed E-state index contributed by atoms with van der Waals surface area (Å²) in [6.07, 6.45) is 2.28. The summed E-state index contributed by atoms with van der Waals surface area (Å²) in [6, 6.07) is 8.05. The number of H-pyrrole nitrogens is 1. The average molecular weight is 340 g/mol. The highest BCUT2D eigenvalue weighted by Crippen LogP contribution is 2.40. The zero-order valence-electron chi connectivity index (χ0n) is 13.7.